The van der Waals surface area contributed by atoms with Crippen LogP contribution in [0, 0.1) is 0 Å². The molecule has 0 spiro atoms. The predicted octanol–water partition coefficient (Wildman–Crippen LogP) is 5.77. The van der Waals surface area contributed by atoms with Gasteiger partial charge in [-0.15, -0.1) is 0 Å². The number of rotatable bonds is 8. The topological polar surface area (TPSA) is 71.8 Å². The van der Waals surface area contributed by atoms with Crippen LogP contribution in [0.2, 0.25) is 5.02 Å². The van der Waals surface area contributed by atoms with Gasteiger partial charge in [-0.1, -0.05) is 55.1 Å². The number of furan rings is 1. The minimum absolute atomic E-state index is 0.109. The van der Waals surface area contributed by atoms with Crippen LogP contribution >= 0.6 is 11.6 Å². The Morgan fingerprint density at radius 2 is 1.76 bits per heavy atom. The Morgan fingerprint density at radius 1 is 1.06 bits per heavy atom. The highest BCUT2D eigenvalue weighted by Crippen LogP contribution is 2.29. The first-order valence-electron chi connectivity index (χ1n) is 11.6. The molecule has 1 atom stereocenters. The molecule has 1 N–H and O–H groups in total. The van der Waals surface area contributed by atoms with Gasteiger partial charge in [0.05, 0.1) is 13.4 Å². The molecule has 6 nitrogen and oxygen atoms in total. The SMILES string of the molecule is COc1ccc(CN(C(=O)c2ccco2)C(C(=O)NC2CCCCC2)c2ccc(Cl)cc2)cc1. The fourth-order valence-corrected chi connectivity index (χ4v) is 4.52. The molecule has 0 saturated heterocycles. The number of ether oxygens (including phenoxy) is 1. The lowest BCUT2D eigenvalue weighted by molar-refractivity contribution is -0.127. The molecule has 1 unspecified atom stereocenters. The summed E-state index contributed by atoms with van der Waals surface area (Å²) in [5.41, 5.74) is 1.55. The number of amides is 2. The average Bonchev–Trinajstić information content (AvgIpc) is 3.40. The van der Waals surface area contributed by atoms with E-state index in [1.54, 1.807) is 48.4 Å². The Hall–Kier alpha value is -3.25. The molecule has 3 aromatic rings. The zero-order chi connectivity index (χ0) is 23.9. The van der Waals surface area contributed by atoms with Gasteiger partial charge in [-0.3, -0.25) is 9.59 Å². The molecule has 34 heavy (non-hydrogen) atoms. The molecule has 178 valence electrons. The lowest BCUT2D eigenvalue weighted by Crippen LogP contribution is -2.46. The molecule has 1 aromatic heterocycles. The van der Waals surface area contributed by atoms with Gasteiger partial charge in [0.15, 0.2) is 5.76 Å². The summed E-state index contributed by atoms with van der Waals surface area (Å²) in [7, 11) is 1.61. The van der Waals surface area contributed by atoms with E-state index < -0.39 is 6.04 Å². The summed E-state index contributed by atoms with van der Waals surface area (Å²) in [5.74, 6) is 0.331. The average molecular weight is 481 g/mol. The van der Waals surface area contributed by atoms with Crippen molar-refractivity contribution in [3.05, 3.63) is 88.8 Å². The molecule has 2 aromatic carbocycles. The summed E-state index contributed by atoms with van der Waals surface area (Å²) in [6.45, 7) is 0.217. The molecule has 2 amide bonds. The molecule has 1 saturated carbocycles. The van der Waals surface area contributed by atoms with E-state index in [-0.39, 0.29) is 30.2 Å². The van der Waals surface area contributed by atoms with E-state index in [0.29, 0.717) is 10.6 Å². The van der Waals surface area contributed by atoms with Gasteiger partial charge in [-0.05, 0) is 60.4 Å². The highest BCUT2D eigenvalue weighted by Gasteiger charge is 2.34. The maximum Gasteiger partial charge on any atom is 0.290 e. The van der Waals surface area contributed by atoms with Crippen LogP contribution in [0.25, 0.3) is 0 Å². The van der Waals surface area contributed by atoms with Gasteiger partial charge in [-0.25, -0.2) is 0 Å². The summed E-state index contributed by atoms with van der Waals surface area (Å²) >= 11 is 6.13. The summed E-state index contributed by atoms with van der Waals surface area (Å²) in [6, 6.07) is 17.1. The Morgan fingerprint density at radius 3 is 2.38 bits per heavy atom. The minimum atomic E-state index is -0.848. The lowest BCUT2D eigenvalue weighted by Gasteiger charge is -2.33. The van der Waals surface area contributed by atoms with Gasteiger partial charge < -0.3 is 19.4 Å². The fourth-order valence-electron chi connectivity index (χ4n) is 4.39. The second-order valence-corrected chi connectivity index (χ2v) is 8.99. The number of hydrogen-bond donors (Lipinski definition) is 1. The third-order valence-electron chi connectivity index (χ3n) is 6.20. The second-order valence-electron chi connectivity index (χ2n) is 8.56. The molecule has 0 bridgehead atoms. The van der Waals surface area contributed by atoms with Gasteiger partial charge in [0.2, 0.25) is 5.91 Å². The van der Waals surface area contributed by atoms with Crippen molar-refractivity contribution in [2.75, 3.05) is 7.11 Å². The smallest absolute Gasteiger partial charge is 0.290 e. The van der Waals surface area contributed by atoms with E-state index in [1.165, 1.54) is 12.7 Å². The largest absolute Gasteiger partial charge is 0.497 e. The number of halogens is 1. The van der Waals surface area contributed by atoms with Crippen LogP contribution in [-0.4, -0.2) is 29.9 Å². The Kier molecular flexibility index (Phi) is 7.91. The van der Waals surface area contributed by atoms with Crippen molar-refractivity contribution in [1.82, 2.24) is 10.2 Å². The summed E-state index contributed by atoms with van der Waals surface area (Å²) in [6.07, 6.45) is 6.73. The number of carbonyl (C=O) groups is 2. The van der Waals surface area contributed by atoms with Crippen molar-refractivity contribution < 1.29 is 18.7 Å². The van der Waals surface area contributed by atoms with Crippen LogP contribution in [0.5, 0.6) is 5.75 Å². The molecule has 1 aliphatic rings. The maximum atomic E-state index is 13.7. The third kappa shape index (κ3) is 5.81. The monoisotopic (exact) mass is 480 g/mol. The van der Waals surface area contributed by atoms with Crippen LogP contribution in [0.3, 0.4) is 0 Å². The van der Waals surface area contributed by atoms with Crippen molar-refractivity contribution in [3.63, 3.8) is 0 Å². The molecule has 1 aliphatic carbocycles. The van der Waals surface area contributed by atoms with Crippen molar-refractivity contribution >= 4 is 23.4 Å². The van der Waals surface area contributed by atoms with Crippen LogP contribution in [0.1, 0.15) is 59.8 Å². The molecular weight excluding hydrogens is 452 g/mol. The first-order valence-corrected chi connectivity index (χ1v) is 12.0. The minimum Gasteiger partial charge on any atom is -0.497 e. The van der Waals surface area contributed by atoms with Gasteiger partial charge >= 0.3 is 0 Å². The maximum absolute atomic E-state index is 13.7. The van der Waals surface area contributed by atoms with E-state index >= 15 is 0 Å². The van der Waals surface area contributed by atoms with Crippen molar-refractivity contribution in [2.24, 2.45) is 0 Å². The highest BCUT2D eigenvalue weighted by atomic mass is 35.5. The molecule has 4 rings (SSSR count). The number of benzene rings is 2. The highest BCUT2D eigenvalue weighted by molar-refractivity contribution is 6.30. The summed E-state index contributed by atoms with van der Waals surface area (Å²) in [5, 5.41) is 3.76. The van der Waals surface area contributed by atoms with E-state index in [9.17, 15) is 9.59 Å². The van der Waals surface area contributed by atoms with Crippen LogP contribution < -0.4 is 10.1 Å². The van der Waals surface area contributed by atoms with Crippen LogP contribution in [-0.2, 0) is 11.3 Å². The fraction of sp³-hybridized carbons (Fsp3) is 0.333. The number of nitrogens with one attached hydrogen (secondary N) is 1. The number of methoxy groups -OCH3 is 1. The molecule has 7 heteroatoms. The summed E-state index contributed by atoms with van der Waals surface area (Å²) < 4.78 is 10.7. The van der Waals surface area contributed by atoms with Gasteiger partial charge in [0.1, 0.15) is 11.8 Å². The van der Waals surface area contributed by atoms with Crippen molar-refractivity contribution in [1.29, 1.82) is 0 Å². The Balaban J connectivity index is 1.71. The van der Waals surface area contributed by atoms with E-state index in [1.807, 2.05) is 24.3 Å². The molecular formula is C27H29ClN2O4. The van der Waals surface area contributed by atoms with E-state index in [0.717, 1.165) is 37.0 Å². The molecule has 1 fully saturated rings. The predicted molar refractivity (Wildman–Crippen MR) is 131 cm³/mol. The quantitative estimate of drug-likeness (QED) is 0.444. The molecule has 1 heterocycles. The zero-order valence-electron chi connectivity index (χ0n) is 19.2. The second kappa shape index (κ2) is 11.3. The number of nitrogens with zero attached hydrogens (tertiary/aromatic N) is 1. The third-order valence-corrected chi connectivity index (χ3v) is 6.45. The first kappa shape index (κ1) is 23.9. The van der Waals surface area contributed by atoms with Gasteiger partial charge in [0, 0.05) is 17.6 Å². The number of carbonyl (C=O) groups excluding carboxylic acids is 2. The van der Waals surface area contributed by atoms with Gasteiger partial charge in [-0.2, -0.15) is 0 Å². The van der Waals surface area contributed by atoms with Crippen LogP contribution in [0.15, 0.2) is 71.3 Å². The van der Waals surface area contributed by atoms with Crippen molar-refractivity contribution in [3.8, 4) is 5.75 Å². The number of hydrogen-bond acceptors (Lipinski definition) is 4. The van der Waals surface area contributed by atoms with E-state index in [4.69, 9.17) is 20.8 Å². The summed E-state index contributed by atoms with van der Waals surface area (Å²) in [4.78, 5) is 28.9. The molecule has 0 radical (unpaired) electrons. The first-order chi connectivity index (χ1) is 16.5. The normalized spacial score (nSPS) is 14.9. The van der Waals surface area contributed by atoms with E-state index in [2.05, 4.69) is 5.32 Å². The molecule has 0 aliphatic heterocycles. The van der Waals surface area contributed by atoms with Crippen molar-refractivity contribution in [2.45, 2.75) is 50.7 Å². The zero-order valence-corrected chi connectivity index (χ0v) is 20.0. The standard InChI is InChI=1S/C27H29ClN2O4/c1-33-23-15-9-19(10-16-23)18-30(27(32)24-8-5-17-34-24)25(20-11-13-21(28)14-12-20)26(31)29-22-6-3-2-4-7-22/h5,8-17,22,25H,2-4,6-7,18H2,1H3,(H,29,31). The lowest BCUT2D eigenvalue weighted by atomic mass is 9.94. The van der Waals surface area contributed by atoms with Gasteiger partial charge in [0.25, 0.3) is 5.91 Å². The Labute approximate surface area is 204 Å². The Bertz CT molecular complexity index is 1070. The van der Waals surface area contributed by atoms with Crippen LogP contribution in [0.4, 0.5) is 0 Å².